The summed E-state index contributed by atoms with van der Waals surface area (Å²) in [6, 6.07) is 19.5. The summed E-state index contributed by atoms with van der Waals surface area (Å²) in [6.07, 6.45) is -0.586. The predicted molar refractivity (Wildman–Crippen MR) is 95.6 cm³/mol. The molecule has 3 rings (SSSR count). The summed E-state index contributed by atoms with van der Waals surface area (Å²) in [5.41, 5.74) is 3.31. The van der Waals surface area contributed by atoms with Crippen LogP contribution in [0.3, 0.4) is 0 Å². The highest BCUT2D eigenvalue weighted by Crippen LogP contribution is 2.27. The third kappa shape index (κ3) is 3.40. The number of aryl methyl sites for hydroxylation is 2. The minimum absolute atomic E-state index is 0.333. The van der Waals surface area contributed by atoms with Crippen molar-refractivity contribution in [2.75, 3.05) is 0 Å². The van der Waals surface area contributed by atoms with E-state index in [1.807, 2.05) is 74.5 Å². The van der Waals surface area contributed by atoms with Crippen molar-refractivity contribution in [3.8, 4) is 5.75 Å². The van der Waals surface area contributed by atoms with Gasteiger partial charge in [-0.15, -0.1) is 0 Å². The molecule has 0 aliphatic heterocycles. The van der Waals surface area contributed by atoms with E-state index in [4.69, 9.17) is 4.74 Å². The molecule has 3 nitrogen and oxygen atoms in total. The normalized spacial score (nSPS) is 12.1. The first kappa shape index (κ1) is 16.1. The molecule has 0 bridgehead atoms. The summed E-state index contributed by atoms with van der Waals surface area (Å²) >= 11 is 0. The second kappa shape index (κ2) is 6.75. The van der Waals surface area contributed by atoms with Crippen LogP contribution in [0.15, 0.2) is 60.7 Å². The van der Waals surface area contributed by atoms with Crippen LogP contribution in [0.1, 0.15) is 16.7 Å². The Hall–Kier alpha value is -2.81. The molecule has 3 aromatic rings. The summed E-state index contributed by atoms with van der Waals surface area (Å²) in [6.45, 7) is 4.07. The lowest BCUT2D eigenvalue weighted by atomic mass is 10.0. The van der Waals surface area contributed by atoms with Crippen LogP contribution in [0, 0.1) is 13.8 Å². The molecule has 0 radical (unpaired) electrons. The van der Waals surface area contributed by atoms with Gasteiger partial charge in [0.2, 0.25) is 0 Å². The fraction of sp³-hybridized carbons (Fsp3) is 0.190. The highest BCUT2D eigenvalue weighted by molar-refractivity contribution is 5.88. The number of aliphatic carboxylic acids is 1. The maximum absolute atomic E-state index is 11.7. The molecule has 0 heterocycles. The first-order valence-electron chi connectivity index (χ1n) is 7.98. The monoisotopic (exact) mass is 320 g/mol. The second-order valence-corrected chi connectivity index (χ2v) is 6.04. The molecule has 0 saturated carbocycles. The van der Waals surface area contributed by atoms with Gasteiger partial charge in [-0.2, -0.15) is 0 Å². The maximum Gasteiger partial charge on any atom is 0.345 e. The summed E-state index contributed by atoms with van der Waals surface area (Å²) in [7, 11) is 0. The third-order valence-electron chi connectivity index (χ3n) is 4.29. The van der Waals surface area contributed by atoms with E-state index in [-0.39, 0.29) is 0 Å². The van der Waals surface area contributed by atoms with Gasteiger partial charge in [0.25, 0.3) is 0 Å². The molecule has 0 spiro atoms. The average Bonchev–Trinajstić information content (AvgIpc) is 2.57. The van der Waals surface area contributed by atoms with Crippen molar-refractivity contribution in [2.45, 2.75) is 26.4 Å². The van der Waals surface area contributed by atoms with Gasteiger partial charge in [0.1, 0.15) is 5.75 Å². The Morgan fingerprint density at radius 3 is 2.50 bits per heavy atom. The predicted octanol–water partition coefficient (Wildman–Crippen LogP) is 4.53. The molecule has 24 heavy (non-hydrogen) atoms. The molecule has 0 fully saturated rings. The first-order chi connectivity index (χ1) is 11.5. The summed E-state index contributed by atoms with van der Waals surface area (Å²) in [4.78, 5) is 11.7. The van der Waals surface area contributed by atoms with Gasteiger partial charge in [-0.25, -0.2) is 4.79 Å². The summed E-state index contributed by atoms with van der Waals surface area (Å²) in [5.74, 6) is -0.356. The van der Waals surface area contributed by atoms with Crippen LogP contribution in [0.5, 0.6) is 5.75 Å². The summed E-state index contributed by atoms with van der Waals surface area (Å²) < 4.78 is 5.86. The molecular formula is C21H20O3. The van der Waals surface area contributed by atoms with E-state index < -0.39 is 12.1 Å². The molecule has 3 heteroatoms. The largest absolute Gasteiger partial charge is 0.478 e. The van der Waals surface area contributed by atoms with E-state index >= 15 is 0 Å². The van der Waals surface area contributed by atoms with Crippen molar-refractivity contribution in [1.82, 2.24) is 0 Å². The Kier molecular flexibility index (Phi) is 4.52. The van der Waals surface area contributed by atoms with Gasteiger partial charge in [-0.05, 0) is 42.0 Å². The fourth-order valence-corrected chi connectivity index (χ4v) is 2.78. The summed E-state index contributed by atoms with van der Waals surface area (Å²) in [5, 5.41) is 11.5. The van der Waals surface area contributed by atoms with Crippen molar-refractivity contribution in [1.29, 1.82) is 0 Å². The number of carboxylic acids is 1. The van der Waals surface area contributed by atoms with Gasteiger partial charge in [0.05, 0.1) is 0 Å². The third-order valence-corrected chi connectivity index (χ3v) is 4.29. The number of hydrogen-bond acceptors (Lipinski definition) is 2. The topological polar surface area (TPSA) is 46.5 Å². The Balaban J connectivity index is 1.88. The van der Waals surface area contributed by atoms with E-state index in [9.17, 15) is 9.90 Å². The smallest absolute Gasteiger partial charge is 0.345 e. The van der Waals surface area contributed by atoms with Crippen molar-refractivity contribution in [2.24, 2.45) is 0 Å². The lowest BCUT2D eigenvalue weighted by molar-refractivity contribution is -0.144. The van der Waals surface area contributed by atoms with Gasteiger partial charge in [0.15, 0.2) is 6.10 Å². The van der Waals surface area contributed by atoms with E-state index in [1.165, 1.54) is 5.56 Å². The van der Waals surface area contributed by atoms with Gasteiger partial charge in [0, 0.05) is 11.8 Å². The molecule has 0 aliphatic carbocycles. The van der Waals surface area contributed by atoms with Crippen LogP contribution in [0.2, 0.25) is 0 Å². The maximum atomic E-state index is 11.7. The number of carbonyl (C=O) groups is 1. The molecule has 122 valence electrons. The van der Waals surface area contributed by atoms with Crippen molar-refractivity contribution >= 4 is 16.7 Å². The second-order valence-electron chi connectivity index (χ2n) is 6.04. The Labute approximate surface area is 141 Å². The number of fused-ring (bicyclic) bond motifs is 1. The molecule has 1 unspecified atom stereocenters. The highest BCUT2D eigenvalue weighted by Gasteiger charge is 2.21. The standard InChI is InChI=1S/C21H20O3/c1-14-10-11-16(12-15(14)2)13-20(21(22)23)24-19-9-5-7-17-6-3-4-8-18(17)19/h3-12,20H,13H2,1-2H3,(H,22,23). The highest BCUT2D eigenvalue weighted by atomic mass is 16.5. The number of ether oxygens (including phenoxy) is 1. The zero-order valence-electron chi connectivity index (χ0n) is 13.8. The van der Waals surface area contributed by atoms with E-state index in [1.54, 1.807) is 0 Å². The molecular weight excluding hydrogens is 300 g/mol. The molecule has 0 amide bonds. The molecule has 1 atom stereocenters. The van der Waals surface area contributed by atoms with Gasteiger partial charge in [-0.1, -0.05) is 54.6 Å². The SMILES string of the molecule is Cc1ccc(CC(Oc2cccc3ccccc23)C(=O)O)cc1C. The lowest BCUT2D eigenvalue weighted by Gasteiger charge is -2.17. The molecule has 1 N–H and O–H groups in total. The molecule has 3 aromatic carbocycles. The van der Waals surface area contributed by atoms with Crippen LogP contribution in [0.4, 0.5) is 0 Å². The Bertz CT molecular complexity index is 878. The average molecular weight is 320 g/mol. The van der Waals surface area contributed by atoms with Crippen LogP contribution in [-0.2, 0) is 11.2 Å². The Morgan fingerprint density at radius 2 is 1.75 bits per heavy atom. The van der Waals surface area contributed by atoms with E-state index in [0.717, 1.165) is 21.9 Å². The van der Waals surface area contributed by atoms with Crippen molar-refractivity contribution in [3.05, 3.63) is 77.4 Å². The minimum atomic E-state index is -0.957. The van der Waals surface area contributed by atoms with Crippen LogP contribution in [-0.4, -0.2) is 17.2 Å². The number of benzene rings is 3. The van der Waals surface area contributed by atoms with E-state index in [0.29, 0.717) is 12.2 Å². The fourth-order valence-electron chi connectivity index (χ4n) is 2.78. The van der Waals surface area contributed by atoms with Gasteiger partial charge in [-0.3, -0.25) is 0 Å². The minimum Gasteiger partial charge on any atom is -0.478 e. The lowest BCUT2D eigenvalue weighted by Crippen LogP contribution is -2.29. The van der Waals surface area contributed by atoms with Crippen molar-refractivity contribution in [3.63, 3.8) is 0 Å². The van der Waals surface area contributed by atoms with Crippen molar-refractivity contribution < 1.29 is 14.6 Å². The Morgan fingerprint density at radius 1 is 1.00 bits per heavy atom. The number of carboxylic acid groups (broad SMARTS) is 1. The van der Waals surface area contributed by atoms with Crippen LogP contribution in [0.25, 0.3) is 10.8 Å². The van der Waals surface area contributed by atoms with Crippen LogP contribution >= 0.6 is 0 Å². The number of hydrogen-bond donors (Lipinski definition) is 1. The molecule has 0 saturated heterocycles. The first-order valence-corrected chi connectivity index (χ1v) is 7.98. The van der Waals surface area contributed by atoms with Gasteiger partial charge >= 0.3 is 5.97 Å². The number of rotatable bonds is 5. The zero-order chi connectivity index (χ0) is 17.1. The van der Waals surface area contributed by atoms with Gasteiger partial charge < -0.3 is 9.84 Å². The molecule has 0 aliphatic rings. The quantitative estimate of drug-likeness (QED) is 0.751. The van der Waals surface area contributed by atoms with Crippen LogP contribution < -0.4 is 4.74 Å². The zero-order valence-corrected chi connectivity index (χ0v) is 13.8. The molecule has 0 aromatic heterocycles. The van der Waals surface area contributed by atoms with E-state index in [2.05, 4.69) is 0 Å².